The van der Waals surface area contributed by atoms with E-state index in [1.807, 2.05) is 55.4 Å². The van der Waals surface area contributed by atoms with E-state index in [-0.39, 0.29) is 159 Å². The molecule has 0 saturated heterocycles. The van der Waals surface area contributed by atoms with Gasteiger partial charge in [0.2, 0.25) is 23.1 Å². The Morgan fingerprint density at radius 2 is 0.415 bits per heavy atom. The number of nitrogen functional groups attached to an aromatic ring is 6. The Balaban J connectivity index is 0.000000203. The summed E-state index contributed by atoms with van der Waals surface area (Å²) in [6.07, 6.45) is 18.9. The second kappa shape index (κ2) is 30.8. The van der Waals surface area contributed by atoms with Gasteiger partial charge in [-0.1, -0.05) is 146 Å². The summed E-state index contributed by atoms with van der Waals surface area (Å²) in [6, 6.07) is 9.34. The van der Waals surface area contributed by atoms with Gasteiger partial charge in [0.15, 0.2) is 11.6 Å². The fourth-order valence-electron chi connectivity index (χ4n) is 13.4. The fraction of sp³-hybridized carbons (Fsp3) is 0.447. The molecule has 0 fully saturated rings. The van der Waals surface area contributed by atoms with E-state index in [0.717, 1.165) is 38.5 Å². The minimum Gasteiger partial charge on any atom is -0.507 e. The Bertz CT molecular complexity index is 3710. The first-order chi connectivity index (χ1) is 44.4. The summed E-state index contributed by atoms with van der Waals surface area (Å²) in [5, 5.41) is 65.1. The standard InChI is InChI=1S/C32H46N2O4.2C22H26N2O4/c1-3-5-7-9-11-13-15-17-21-19-23(33)25-27(29(21)35)32(38)28-26(31(25)37)24(34)20-22(30(28)36)18-16-14-12-10-8-6-4-2;1-9(2)5-11-7-13(23)15-17(19(11)25)21(27)16-14(24)8-12(6-10(3)4)20(26)18(16)22(15)28;1-9(2)5-11-7-13(23)15-17(19(11)25)22(28)18-16(21(15)27)14(24)8-12(20(18)26)6-10(3)4/h19-20,35-36H,3-18,33-34H2,1-2H3;2*7-10,25-26H,5-6,23-24H2,1-4H3. The first-order valence-electron chi connectivity index (χ1n) is 33.5. The third-order valence-corrected chi connectivity index (χ3v) is 17.8. The summed E-state index contributed by atoms with van der Waals surface area (Å²) in [6.45, 7) is 20.2. The maximum atomic E-state index is 13.7. The van der Waals surface area contributed by atoms with Crippen molar-refractivity contribution in [2.75, 3.05) is 34.4 Å². The number of hydrogen-bond donors (Lipinski definition) is 12. The average Bonchev–Trinajstić information content (AvgIpc) is 0.742. The van der Waals surface area contributed by atoms with Crippen molar-refractivity contribution in [2.45, 2.75) is 198 Å². The zero-order chi connectivity index (χ0) is 69.5. The van der Waals surface area contributed by atoms with Crippen molar-refractivity contribution in [3.8, 4) is 34.5 Å². The molecule has 18 nitrogen and oxygen atoms in total. The fourth-order valence-corrected chi connectivity index (χ4v) is 13.4. The number of nitrogens with two attached hydrogens (primary N) is 6. The highest BCUT2D eigenvalue weighted by Gasteiger charge is 2.42. The van der Waals surface area contributed by atoms with Gasteiger partial charge in [-0.25, -0.2) is 0 Å². The van der Waals surface area contributed by atoms with Crippen molar-refractivity contribution in [3.05, 3.63) is 137 Å². The van der Waals surface area contributed by atoms with Crippen LogP contribution in [-0.4, -0.2) is 65.3 Å². The van der Waals surface area contributed by atoms with Crippen LogP contribution in [0.2, 0.25) is 0 Å². The van der Waals surface area contributed by atoms with Crippen LogP contribution in [0.25, 0.3) is 0 Å². The van der Waals surface area contributed by atoms with Crippen LogP contribution in [0.15, 0.2) is 36.4 Å². The van der Waals surface area contributed by atoms with Gasteiger partial charge in [-0.3, -0.25) is 28.8 Å². The number of fused-ring (bicyclic) bond motifs is 6. The van der Waals surface area contributed by atoms with Crippen molar-refractivity contribution >= 4 is 68.8 Å². The van der Waals surface area contributed by atoms with Crippen LogP contribution in [-0.2, 0) is 38.5 Å². The molecule has 94 heavy (non-hydrogen) atoms. The Hall–Kier alpha value is -9.06. The maximum Gasteiger partial charge on any atom is 0.202 e. The van der Waals surface area contributed by atoms with Gasteiger partial charge in [-0.05, 0) is 145 Å². The second-order valence-corrected chi connectivity index (χ2v) is 27.5. The molecule has 18 N–H and O–H groups in total. The largest absolute Gasteiger partial charge is 0.507 e. The molecule has 0 spiro atoms. The molecule has 0 amide bonds. The van der Waals surface area contributed by atoms with Gasteiger partial charge in [-0.15, -0.1) is 0 Å². The number of carbonyl (C=O) groups is 6. The molecule has 0 unspecified atom stereocenters. The predicted molar refractivity (Wildman–Crippen MR) is 373 cm³/mol. The summed E-state index contributed by atoms with van der Waals surface area (Å²) in [4.78, 5) is 80.0. The SMILES string of the molecule is CC(C)Cc1cc(N)c2c(c1O)C(=O)c1c(N)cc(CC(C)C)c(O)c1C2=O.CC(C)Cc1cc(N)c2c(c1O)C(=O)c1c(O)c(CC(C)C)cc(N)c1C2=O.CCCCCCCCCc1cc(N)c2c(c1O)C(=O)c1c(O)c(CCCCCCCCC)cc(N)c1C2=O. The zero-order valence-corrected chi connectivity index (χ0v) is 56.5. The molecule has 6 aromatic carbocycles. The maximum absolute atomic E-state index is 13.7. The quantitative estimate of drug-likeness (QED) is 0.0152. The summed E-state index contributed by atoms with van der Waals surface area (Å²) in [5.74, 6) is -4.04. The highest BCUT2D eigenvalue weighted by atomic mass is 16.3. The molecule has 504 valence electrons. The van der Waals surface area contributed by atoms with E-state index in [1.54, 1.807) is 12.1 Å². The molecule has 18 heteroatoms. The van der Waals surface area contributed by atoms with Gasteiger partial charge in [0, 0.05) is 34.1 Å². The molecule has 0 aliphatic heterocycles. The number of phenols is 6. The number of benzene rings is 6. The number of aryl methyl sites for hydroxylation is 2. The minimum absolute atomic E-state index is 0.0192. The van der Waals surface area contributed by atoms with Gasteiger partial charge >= 0.3 is 0 Å². The molecule has 6 aromatic rings. The first kappa shape index (κ1) is 72.4. The monoisotopic (exact) mass is 1290 g/mol. The van der Waals surface area contributed by atoms with Crippen molar-refractivity contribution in [3.63, 3.8) is 0 Å². The molecule has 3 aliphatic rings. The molecule has 0 aromatic heterocycles. The normalized spacial score (nSPS) is 13.0. The molecule has 0 heterocycles. The van der Waals surface area contributed by atoms with Crippen LogP contribution in [0.4, 0.5) is 34.1 Å². The summed E-state index contributed by atoms with van der Waals surface area (Å²) < 4.78 is 0. The highest BCUT2D eigenvalue weighted by molar-refractivity contribution is 6.35. The lowest BCUT2D eigenvalue weighted by Gasteiger charge is -2.25. The molecule has 0 atom stereocenters. The molecule has 3 aliphatic carbocycles. The van der Waals surface area contributed by atoms with Gasteiger partial charge < -0.3 is 65.0 Å². The van der Waals surface area contributed by atoms with Gasteiger partial charge in [0.25, 0.3) is 0 Å². The Morgan fingerprint density at radius 1 is 0.255 bits per heavy atom. The van der Waals surface area contributed by atoms with Crippen LogP contribution in [0.5, 0.6) is 34.5 Å². The van der Waals surface area contributed by atoms with Crippen molar-refractivity contribution < 1.29 is 59.4 Å². The van der Waals surface area contributed by atoms with Crippen LogP contribution >= 0.6 is 0 Å². The molecular formula is C76H98N6O12. The van der Waals surface area contributed by atoms with E-state index >= 15 is 0 Å². The number of unbranched alkanes of at least 4 members (excludes halogenated alkanes) is 12. The van der Waals surface area contributed by atoms with Crippen LogP contribution < -0.4 is 34.4 Å². The number of hydrogen-bond acceptors (Lipinski definition) is 18. The third kappa shape index (κ3) is 15.0. The Morgan fingerprint density at radius 3 is 0.617 bits per heavy atom. The lowest BCUT2D eigenvalue weighted by atomic mass is 9.78. The van der Waals surface area contributed by atoms with Crippen molar-refractivity contribution in [1.29, 1.82) is 0 Å². The van der Waals surface area contributed by atoms with Gasteiger partial charge in [0.05, 0.1) is 66.8 Å². The first-order valence-corrected chi connectivity index (χ1v) is 33.5. The van der Waals surface area contributed by atoms with Crippen LogP contribution in [0, 0.1) is 23.7 Å². The van der Waals surface area contributed by atoms with E-state index in [2.05, 4.69) is 13.8 Å². The highest BCUT2D eigenvalue weighted by Crippen LogP contribution is 2.48. The minimum atomic E-state index is -0.630. The molecule has 0 radical (unpaired) electrons. The van der Waals surface area contributed by atoms with E-state index in [4.69, 9.17) is 34.4 Å². The zero-order valence-electron chi connectivity index (χ0n) is 56.5. The Kier molecular flexibility index (Phi) is 23.7. The van der Waals surface area contributed by atoms with E-state index in [0.29, 0.717) is 71.9 Å². The number of ketones is 6. The molecule has 9 rings (SSSR count). The molecule has 0 bridgehead atoms. The number of carbonyl (C=O) groups excluding carboxylic acids is 6. The van der Waals surface area contributed by atoms with E-state index in [9.17, 15) is 59.4 Å². The second-order valence-electron chi connectivity index (χ2n) is 27.5. The lowest BCUT2D eigenvalue weighted by Crippen LogP contribution is -2.25. The van der Waals surface area contributed by atoms with Gasteiger partial charge in [0.1, 0.15) is 34.5 Å². The molecular weight excluding hydrogens is 1190 g/mol. The van der Waals surface area contributed by atoms with E-state index in [1.165, 1.54) is 75.6 Å². The number of anilines is 6. The topological polar surface area (TPSA) is 380 Å². The summed E-state index contributed by atoms with van der Waals surface area (Å²) in [5.41, 5.74) is 39.8. The van der Waals surface area contributed by atoms with E-state index < -0.39 is 34.7 Å². The smallest absolute Gasteiger partial charge is 0.202 e. The summed E-state index contributed by atoms with van der Waals surface area (Å²) in [7, 11) is 0. The summed E-state index contributed by atoms with van der Waals surface area (Å²) >= 11 is 0. The van der Waals surface area contributed by atoms with Crippen LogP contribution in [0.1, 0.15) is 288 Å². The van der Waals surface area contributed by atoms with Gasteiger partial charge in [-0.2, -0.15) is 0 Å². The van der Waals surface area contributed by atoms with Crippen LogP contribution in [0.3, 0.4) is 0 Å². The number of rotatable bonds is 24. The Labute approximate surface area is 552 Å². The van der Waals surface area contributed by atoms with Crippen molar-refractivity contribution in [2.24, 2.45) is 23.7 Å². The predicted octanol–water partition coefficient (Wildman–Crippen LogP) is 14.5. The number of phenolic OH excluding ortho intramolecular Hbond substituents is 6. The third-order valence-electron chi connectivity index (χ3n) is 17.8. The molecule has 0 saturated carbocycles. The average molecular weight is 1290 g/mol. The van der Waals surface area contributed by atoms with Crippen molar-refractivity contribution in [1.82, 2.24) is 0 Å². The lowest BCUT2D eigenvalue weighted by molar-refractivity contribution is 0.0975. The number of aromatic hydroxyl groups is 6.